The predicted octanol–water partition coefficient (Wildman–Crippen LogP) is 2.93. The summed E-state index contributed by atoms with van der Waals surface area (Å²) in [4.78, 5) is 14.7. The molecular weight excluding hydrogens is 318 g/mol. The lowest BCUT2D eigenvalue weighted by Gasteiger charge is -2.36. The van der Waals surface area contributed by atoms with E-state index in [2.05, 4.69) is 66.9 Å². The van der Waals surface area contributed by atoms with E-state index in [-0.39, 0.29) is 0 Å². The Morgan fingerprint density at radius 1 is 1.00 bits per heavy atom. The van der Waals surface area contributed by atoms with Gasteiger partial charge in [-0.15, -0.1) is 11.3 Å². The maximum absolute atomic E-state index is 4.37. The van der Waals surface area contributed by atoms with Crippen LogP contribution in [0, 0.1) is 0 Å². The van der Waals surface area contributed by atoms with E-state index >= 15 is 0 Å². The van der Waals surface area contributed by atoms with Crippen LogP contribution in [0.1, 0.15) is 0 Å². The molecular formula is C18H21N5S. The number of benzene rings is 1. The van der Waals surface area contributed by atoms with Crippen LogP contribution in [-0.4, -0.2) is 54.1 Å². The predicted molar refractivity (Wildman–Crippen MR) is 101 cm³/mol. The van der Waals surface area contributed by atoms with Gasteiger partial charge in [-0.25, -0.2) is 9.97 Å². The zero-order valence-electron chi connectivity index (χ0n) is 13.6. The summed E-state index contributed by atoms with van der Waals surface area (Å²) in [6.45, 7) is 6.34. The van der Waals surface area contributed by atoms with Gasteiger partial charge in [0.15, 0.2) is 0 Å². The number of anilines is 2. The Morgan fingerprint density at radius 3 is 2.67 bits per heavy atom. The zero-order valence-corrected chi connectivity index (χ0v) is 14.4. The molecule has 24 heavy (non-hydrogen) atoms. The van der Waals surface area contributed by atoms with Gasteiger partial charge in [0, 0.05) is 45.0 Å². The van der Waals surface area contributed by atoms with E-state index in [1.807, 2.05) is 0 Å². The number of aromatic nitrogens is 2. The van der Waals surface area contributed by atoms with Crippen LogP contribution in [0.15, 0.2) is 48.1 Å². The fraction of sp³-hybridized carbons (Fsp3) is 0.333. The van der Waals surface area contributed by atoms with Crippen molar-refractivity contribution in [2.24, 2.45) is 0 Å². The third-order valence-electron chi connectivity index (χ3n) is 4.48. The molecule has 3 heterocycles. The number of hydrogen-bond acceptors (Lipinski definition) is 6. The van der Waals surface area contributed by atoms with Gasteiger partial charge in [-0.2, -0.15) is 0 Å². The highest BCUT2D eigenvalue weighted by atomic mass is 32.1. The van der Waals surface area contributed by atoms with Crippen LogP contribution < -0.4 is 10.2 Å². The molecule has 1 N–H and O–H groups in total. The molecule has 5 nitrogen and oxygen atoms in total. The first-order valence-corrected chi connectivity index (χ1v) is 9.22. The molecule has 0 bridgehead atoms. The van der Waals surface area contributed by atoms with Crippen LogP contribution in [0.25, 0.3) is 10.2 Å². The largest absolute Gasteiger partial charge is 0.369 e. The molecule has 4 rings (SSSR count). The van der Waals surface area contributed by atoms with E-state index in [9.17, 15) is 0 Å². The second kappa shape index (κ2) is 7.15. The third kappa shape index (κ3) is 3.34. The molecule has 0 unspecified atom stereocenters. The molecule has 0 amide bonds. The topological polar surface area (TPSA) is 44.3 Å². The highest BCUT2D eigenvalue weighted by molar-refractivity contribution is 7.16. The van der Waals surface area contributed by atoms with E-state index < -0.39 is 0 Å². The Labute approximate surface area is 146 Å². The molecule has 1 saturated heterocycles. The monoisotopic (exact) mass is 339 g/mol. The number of piperazine rings is 1. The molecule has 1 fully saturated rings. The first kappa shape index (κ1) is 15.4. The maximum atomic E-state index is 4.37. The van der Waals surface area contributed by atoms with Gasteiger partial charge in [0.2, 0.25) is 0 Å². The summed E-state index contributed by atoms with van der Waals surface area (Å²) in [6.07, 6.45) is 1.64. The van der Waals surface area contributed by atoms with Crippen molar-refractivity contribution < 1.29 is 0 Å². The number of thiophene rings is 1. The SMILES string of the molecule is c1ccc(N2CCN(CCNc3ncnc4sccc34)CC2)cc1. The number of rotatable bonds is 5. The second-order valence-electron chi connectivity index (χ2n) is 5.95. The van der Waals surface area contributed by atoms with E-state index in [1.165, 1.54) is 5.69 Å². The van der Waals surface area contributed by atoms with Gasteiger partial charge in [0.05, 0.1) is 5.39 Å². The summed E-state index contributed by atoms with van der Waals surface area (Å²) < 4.78 is 0. The van der Waals surface area contributed by atoms with Crippen molar-refractivity contribution in [3.05, 3.63) is 48.1 Å². The zero-order chi connectivity index (χ0) is 16.2. The minimum absolute atomic E-state index is 0.910. The molecule has 1 aliphatic rings. The van der Waals surface area contributed by atoms with Gasteiger partial charge >= 0.3 is 0 Å². The van der Waals surface area contributed by atoms with Crippen molar-refractivity contribution in [1.82, 2.24) is 14.9 Å². The Hall–Kier alpha value is -2.18. The Balaban J connectivity index is 1.27. The van der Waals surface area contributed by atoms with Gasteiger partial charge in [-0.3, -0.25) is 4.90 Å². The van der Waals surface area contributed by atoms with Gasteiger partial charge in [-0.05, 0) is 23.6 Å². The summed E-state index contributed by atoms with van der Waals surface area (Å²) in [7, 11) is 0. The summed E-state index contributed by atoms with van der Waals surface area (Å²) in [5.41, 5.74) is 1.33. The van der Waals surface area contributed by atoms with Gasteiger partial charge in [-0.1, -0.05) is 18.2 Å². The summed E-state index contributed by atoms with van der Waals surface area (Å²) in [6, 6.07) is 12.8. The standard InChI is InChI=1S/C18H21N5S/c1-2-4-15(5-3-1)23-11-9-22(10-12-23)8-7-19-17-16-6-13-24-18(16)21-14-20-17/h1-6,13-14H,7-12H2,(H,19,20,21). The second-order valence-corrected chi connectivity index (χ2v) is 6.85. The molecule has 2 aromatic heterocycles. The molecule has 0 radical (unpaired) electrons. The van der Waals surface area contributed by atoms with Crippen molar-refractivity contribution in [1.29, 1.82) is 0 Å². The lowest BCUT2D eigenvalue weighted by atomic mass is 10.2. The number of nitrogens with one attached hydrogen (secondary N) is 1. The molecule has 1 aromatic carbocycles. The average molecular weight is 339 g/mol. The van der Waals surface area contributed by atoms with Gasteiger partial charge in [0.1, 0.15) is 17.0 Å². The number of nitrogens with zero attached hydrogens (tertiary/aromatic N) is 4. The molecule has 0 atom stereocenters. The Morgan fingerprint density at radius 2 is 1.83 bits per heavy atom. The fourth-order valence-electron chi connectivity index (χ4n) is 3.13. The normalized spacial score (nSPS) is 15.8. The number of hydrogen-bond donors (Lipinski definition) is 1. The average Bonchev–Trinajstić information content (AvgIpc) is 3.13. The Bertz CT molecular complexity index is 780. The first-order valence-electron chi connectivity index (χ1n) is 8.34. The minimum Gasteiger partial charge on any atom is -0.369 e. The molecule has 0 aliphatic carbocycles. The molecule has 0 spiro atoms. The molecule has 0 saturated carbocycles. The summed E-state index contributed by atoms with van der Waals surface area (Å²) >= 11 is 1.65. The van der Waals surface area contributed by atoms with Crippen LogP contribution >= 0.6 is 11.3 Å². The van der Waals surface area contributed by atoms with E-state index in [4.69, 9.17) is 0 Å². The fourth-order valence-corrected chi connectivity index (χ4v) is 3.86. The van der Waals surface area contributed by atoms with Crippen molar-refractivity contribution in [3.63, 3.8) is 0 Å². The minimum atomic E-state index is 0.910. The number of para-hydroxylation sites is 1. The third-order valence-corrected chi connectivity index (χ3v) is 5.30. The van der Waals surface area contributed by atoms with Crippen molar-refractivity contribution >= 4 is 33.1 Å². The summed E-state index contributed by atoms with van der Waals surface area (Å²) in [5.74, 6) is 0.948. The highest BCUT2D eigenvalue weighted by Gasteiger charge is 2.16. The smallest absolute Gasteiger partial charge is 0.138 e. The van der Waals surface area contributed by atoms with E-state index in [0.29, 0.717) is 0 Å². The molecule has 124 valence electrons. The lowest BCUT2D eigenvalue weighted by molar-refractivity contribution is 0.267. The molecule has 1 aliphatic heterocycles. The number of fused-ring (bicyclic) bond motifs is 1. The van der Waals surface area contributed by atoms with Gasteiger partial charge in [0.25, 0.3) is 0 Å². The van der Waals surface area contributed by atoms with E-state index in [1.54, 1.807) is 17.7 Å². The Kier molecular flexibility index (Phi) is 4.57. The van der Waals surface area contributed by atoms with Crippen LogP contribution in [0.5, 0.6) is 0 Å². The summed E-state index contributed by atoms with van der Waals surface area (Å²) in [5, 5.41) is 6.65. The van der Waals surface area contributed by atoms with Gasteiger partial charge < -0.3 is 10.2 Å². The first-order chi connectivity index (χ1) is 11.9. The van der Waals surface area contributed by atoms with Crippen LogP contribution in [0.3, 0.4) is 0 Å². The maximum Gasteiger partial charge on any atom is 0.138 e. The van der Waals surface area contributed by atoms with Crippen LogP contribution in [-0.2, 0) is 0 Å². The highest BCUT2D eigenvalue weighted by Crippen LogP contribution is 2.23. The lowest BCUT2D eigenvalue weighted by Crippen LogP contribution is -2.47. The van der Waals surface area contributed by atoms with Crippen molar-refractivity contribution in [3.8, 4) is 0 Å². The van der Waals surface area contributed by atoms with Crippen LogP contribution in [0.4, 0.5) is 11.5 Å². The van der Waals surface area contributed by atoms with E-state index in [0.717, 1.165) is 55.3 Å². The van der Waals surface area contributed by atoms with Crippen LogP contribution in [0.2, 0.25) is 0 Å². The molecule has 3 aromatic rings. The van der Waals surface area contributed by atoms with Crippen molar-refractivity contribution in [2.75, 3.05) is 49.5 Å². The quantitative estimate of drug-likeness (QED) is 0.774. The molecule has 6 heteroatoms. The van der Waals surface area contributed by atoms with Crippen molar-refractivity contribution in [2.45, 2.75) is 0 Å².